The number of nitrogens with zero attached hydrogens (tertiary/aromatic N) is 1. The summed E-state index contributed by atoms with van der Waals surface area (Å²) in [5, 5.41) is 0. The largest absolute Gasteiger partial charge is 0.345 e. The second kappa shape index (κ2) is 6.96. The van der Waals surface area contributed by atoms with Crippen LogP contribution in [0.25, 0.3) is 0 Å². The molecule has 0 radical (unpaired) electrons. The van der Waals surface area contributed by atoms with Gasteiger partial charge in [0.25, 0.3) is 0 Å². The number of hydrogen-bond donors (Lipinski definition) is 1. The summed E-state index contributed by atoms with van der Waals surface area (Å²) in [5.41, 5.74) is 1.48. The van der Waals surface area contributed by atoms with Crippen LogP contribution in [0, 0.1) is 0 Å². The Bertz CT molecular complexity index is 339. The number of aromatic amines is 1. The monoisotopic (exact) mass is 250 g/mol. The molecule has 0 aliphatic carbocycles. The minimum absolute atomic E-state index is 0.180. The molecular formula is C16H30N2. The van der Waals surface area contributed by atoms with E-state index in [1.165, 1.54) is 44.2 Å². The van der Waals surface area contributed by atoms with E-state index in [0.29, 0.717) is 5.92 Å². The molecule has 2 heteroatoms. The van der Waals surface area contributed by atoms with Crippen LogP contribution in [0.5, 0.6) is 0 Å². The molecule has 0 amide bonds. The van der Waals surface area contributed by atoms with E-state index >= 15 is 0 Å². The molecular weight excluding hydrogens is 220 g/mol. The highest BCUT2D eigenvalue weighted by Crippen LogP contribution is 2.28. The molecule has 1 rings (SSSR count). The van der Waals surface area contributed by atoms with Gasteiger partial charge >= 0.3 is 0 Å². The number of H-pyrrole nitrogens is 1. The van der Waals surface area contributed by atoms with Crippen molar-refractivity contribution in [3.8, 4) is 0 Å². The standard InChI is InChI=1S/C16H30N2/c1-6-8-9-11-16(4,5)15-17-12-14(18-15)13(3)10-7-2/h12-13H,6-11H2,1-5H3,(H,17,18). The molecule has 1 aromatic heterocycles. The molecule has 1 unspecified atom stereocenters. The summed E-state index contributed by atoms with van der Waals surface area (Å²) in [6.45, 7) is 11.4. The minimum atomic E-state index is 0.180. The lowest BCUT2D eigenvalue weighted by Gasteiger charge is -2.22. The zero-order chi connectivity index (χ0) is 13.6. The van der Waals surface area contributed by atoms with Gasteiger partial charge in [-0.3, -0.25) is 0 Å². The average molecular weight is 250 g/mol. The first-order valence-electron chi connectivity index (χ1n) is 7.56. The molecule has 0 spiro atoms. The normalized spacial score (nSPS) is 13.8. The van der Waals surface area contributed by atoms with Gasteiger partial charge in [-0.1, -0.05) is 60.3 Å². The maximum atomic E-state index is 4.61. The molecule has 1 atom stereocenters. The molecule has 0 aliphatic heterocycles. The Kier molecular flexibility index (Phi) is 5.90. The van der Waals surface area contributed by atoms with E-state index in [2.05, 4.69) is 44.6 Å². The summed E-state index contributed by atoms with van der Waals surface area (Å²) in [6, 6.07) is 0. The predicted octanol–water partition coefficient (Wildman–Crippen LogP) is 5.17. The van der Waals surface area contributed by atoms with Crippen molar-refractivity contribution in [1.82, 2.24) is 9.97 Å². The van der Waals surface area contributed by atoms with Crippen molar-refractivity contribution in [1.29, 1.82) is 0 Å². The first-order chi connectivity index (χ1) is 8.51. The third-order valence-corrected chi connectivity index (χ3v) is 3.89. The van der Waals surface area contributed by atoms with Crippen molar-refractivity contribution in [2.75, 3.05) is 0 Å². The Morgan fingerprint density at radius 3 is 2.56 bits per heavy atom. The van der Waals surface area contributed by atoms with Gasteiger partial charge in [-0.25, -0.2) is 4.98 Å². The molecule has 0 saturated carbocycles. The van der Waals surface area contributed by atoms with E-state index in [1.54, 1.807) is 0 Å². The molecule has 18 heavy (non-hydrogen) atoms. The summed E-state index contributed by atoms with van der Waals surface area (Å²) in [4.78, 5) is 8.17. The fourth-order valence-electron chi connectivity index (χ4n) is 2.45. The molecule has 0 bridgehead atoms. The molecule has 2 nitrogen and oxygen atoms in total. The summed E-state index contributed by atoms with van der Waals surface area (Å²) in [5.74, 6) is 1.76. The Balaban J connectivity index is 2.65. The van der Waals surface area contributed by atoms with E-state index in [4.69, 9.17) is 0 Å². The van der Waals surface area contributed by atoms with Crippen LogP contribution in [0.15, 0.2) is 6.20 Å². The lowest BCUT2D eigenvalue weighted by atomic mass is 9.86. The summed E-state index contributed by atoms with van der Waals surface area (Å²) >= 11 is 0. The second-order valence-electron chi connectivity index (χ2n) is 6.22. The first kappa shape index (κ1) is 15.3. The van der Waals surface area contributed by atoms with Crippen LogP contribution in [-0.2, 0) is 5.41 Å². The van der Waals surface area contributed by atoms with E-state index in [9.17, 15) is 0 Å². The molecule has 0 saturated heterocycles. The maximum absolute atomic E-state index is 4.61. The number of imidazole rings is 1. The Hall–Kier alpha value is -0.790. The summed E-state index contributed by atoms with van der Waals surface area (Å²) in [6.07, 6.45) is 9.63. The number of unbranched alkanes of at least 4 members (excludes halogenated alkanes) is 2. The van der Waals surface area contributed by atoms with Gasteiger partial charge in [0, 0.05) is 17.3 Å². The van der Waals surface area contributed by atoms with E-state index in [1.807, 2.05) is 6.20 Å². The zero-order valence-electron chi connectivity index (χ0n) is 12.8. The van der Waals surface area contributed by atoms with Crippen molar-refractivity contribution in [2.24, 2.45) is 0 Å². The third-order valence-electron chi connectivity index (χ3n) is 3.89. The van der Waals surface area contributed by atoms with Crippen molar-refractivity contribution in [3.05, 3.63) is 17.7 Å². The van der Waals surface area contributed by atoms with Crippen molar-refractivity contribution >= 4 is 0 Å². The third kappa shape index (κ3) is 4.15. The van der Waals surface area contributed by atoms with Crippen molar-refractivity contribution < 1.29 is 0 Å². The summed E-state index contributed by atoms with van der Waals surface area (Å²) < 4.78 is 0. The van der Waals surface area contributed by atoms with Crippen LogP contribution in [0.3, 0.4) is 0 Å². The van der Waals surface area contributed by atoms with Crippen molar-refractivity contribution in [2.45, 2.75) is 84.5 Å². The molecule has 1 N–H and O–H groups in total. The van der Waals surface area contributed by atoms with Gasteiger partial charge in [0.2, 0.25) is 0 Å². The van der Waals surface area contributed by atoms with Crippen molar-refractivity contribution in [3.63, 3.8) is 0 Å². The smallest absolute Gasteiger partial charge is 0.111 e. The highest BCUT2D eigenvalue weighted by molar-refractivity contribution is 5.12. The van der Waals surface area contributed by atoms with Crippen LogP contribution in [0.4, 0.5) is 0 Å². The minimum Gasteiger partial charge on any atom is -0.345 e. The van der Waals surface area contributed by atoms with Gasteiger partial charge < -0.3 is 4.98 Å². The molecule has 0 fully saturated rings. The number of aromatic nitrogens is 2. The van der Waals surface area contributed by atoms with Crippen LogP contribution >= 0.6 is 0 Å². The zero-order valence-corrected chi connectivity index (χ0v) is 12.8. The maximum Gasteiger partial charge on any atom is 0.111 e. The van der Waals surface area contributed by atoms with Crippen LogP contribution in [0.2, 0.25) is 0 Å². The number of hydrogen-bond acceptors (Lipinski definition) is 1. The topological polar surface area (TPSA) is 28.7 Å². The van der Waals surface area contributed by atoms with Crippen LogP contribution in [-0.4, -0.2) is 9.97 Å². The average Bonchev–Trinajstić information content (AvgIpc) is 2.79. The van der Waals surface area contributed by atoms with Gasteiger partial charge in [-0.15, -0.1) is 0 Å². The van der Waals surface area contributed by atoms with Gasteiger partial charge in [0.15, 0.2) is 0 Å². The van der Waals surface area contributed by atoms with Crippen LogP contribution in [0.1, 0.15) is 90.6 Å². The van der Waals surface area contributed by atoms with E-state index in [-0.39, 0.29) is 5.41 Å². The molecule has 0 aromatic carbocycles. The highest BCUT2D eigenvalue weighted by Gasteiger charge is 2.24. The highest BCUT2D eigenvalue weighted by atomic mass is 14.9. The predicted molar refractivity (Wildman–Crippen MR) is 79.1 cm³/mol. The molecule has 1 heterocycles. The van der Waals surface area contributed by atoms with E-state index < -0.39 is 0 Å². The number of nitrogens with one attached hydrogen (secondary N) is 1. The Morgan fingerprint density at radius 1 is 1.22 bits per heavy atom. The quantitative estimate of drug-likeness (QED) is 0.633. The molecule has 0 aliphatic rings. The van der Waals surface area contributed by atoms with Gasteiger partial charge in [-0.05, 0) is 18.8 Å². The van der Waals surface area contributed by atoms with E-state index in [0.717, 1.165) is 5.82 Å². The Morgan fingerprint density at radius 2 is 1.94 bits per heavy atom. The number of rotatable bonds is 8. The molecule has 104 valence electrons. The SMILES string of the molecule is CCCCCC(C)(C)c1ncc(C(C)CCC)[nH]1. The van der Waals surface area contributed by atoms with Gasteiger partial charge in [-0.2, -0.15) is 0 Å². The lowest BCUT2D eigenvalue weighted by Crippen LogP contribution is -2.19. The van der Waals surface area contributed by atoms with Gasteiger partial charge in [0.05, 0.1) is 0 Å². The Labute approximate surface area is 113 Å². The fraction of sp³-hybridized carbons (Fsp3) is 0.812. The fourth-order valence-corrected chi connectivity index (χ4v) is 2.45. The van der Waals surface area contributed by atoms with Crippen LogP contribution < -0.4 is 0 Å². The lowest BCUT2D eigenvalue weighted by molar-refractivity contribution is 0.428. The molecule has 1 aromatic rings. The second-order valence-corrected chi connectivity index (χ2v) is 6.22. The van der Waals surface area contributed by atoms with Gasteiger partial charge in [0.1, 0.15) is 5.82 Å². The summed E-state index contributed by atoms with van der Waals surface area (Å²) in [7, 11) is 0. The first-order valence-corrected chi connectivity index (χ1v) is 7.56.